The van der Waals surface area contributed by atoms with Crippen LogP contribution in [0.1, 0.15) is 17.2 Å². The van der Waals surface area contributed by atoms with Crippen molar-refractivity contribution < 1.29 is 5.11 Å². The van der Waals surface area contributed by atoms with Gasteiger partial charge in [-0.3, -0.25) is 4.98 Å². The minimum absolute atomic E-state index is 0.105. The lowest BCUT2D eigenvalue weighted by atomic mass is 10.1. The monoisotopic (exact) mass is 359 g/mol. The average molecular weight is 359 g/mol. The van der Waals surface area contributed by atoms with Gasteiger partial charge in [0, 0.05) is 18.8 Å². The molecule has 1 unspecified atom stereocenters. The molecular weight excluding hydrogens is 342 g/mol. The third-order valence-corrected chi connectivity index (χ3v) is 5.83. The molecule has 4 nitrogen and oxygen atoms in total. The average Bonchev–Trinajstić information content (AvgIpc) is 3.22. The Morgan fingerprint density at radius 2 is 1.85 bits per heavy atom. The first-order valence-corrected chi connectivity index (χ1v) is 9.43. The lowest BCUT2D eigenvalue weighted by molar-refractivity contribution is 0.166. The molecule has 2 heterocycles. The Morgan fingerprint density at radius 3 is 2.73 bits per heavy atom. The van der Waals surface area contributed by atoms with Gasteiger partial charge in [-0.2, -0.15) is 0 Å². The van der Waals surface area contributed by atoms with Crippen LogP contribution in [0.2, 0.25) is 0 Å². The number of hydrogen-bond acceptors (Lipinski definition) is 5. The van der Waals surface area contributed by atoms with E-state index in [1.807, 2.05) is 30.3 Å². The molecule has 128 valence electrons. The lowest BCUT2D eigenvalue weighted by Crippen LogP contribution is -2.20. The predicted octanol–water partition coefficient (Wildman–Crippen LogP) is 4.43. The van der Waals surface area contributed by atoms with Crippen LogP contribution in [0.4, 0.5) is 5.13 Å². The number of pyridine rings is 1. The highest BCUT2D eigenvalue weighted by Gasteiger charge is 2.31. The minimum Gasteiger partial charge on any atom is -0.390 e. The van der Waals surface area contributed by atoms with E-state index in [1.54, 1.807) is 23.7 Å². The van der Waals surface area contributed by atoms with Crippen LogP contribution in [0.25, 0.3) is 21.3 Å². The maximum Gasteiger partial charge on any atom is 0.184 e. The number of hydrogen-bond donors (Lipinski definition) is 2. The topological polar surface area (TPSA) is 58.0 Å². The highest BCUT2D eigenvalue weighted by atomic mass is 32.1. The fourth-order valence-corrected chi connectivity index (χ4v) is 4.53. The quantitative estimate of drug-likeness (QED) is 0.568. The summed E-state index contributed by atoms with van der Waals surface area (Å²) in [6.45, 7) is 0. The Balaban J connectivity index is 1.47. The van der Waals surface area contributed by atoms with Crippen molar-refractivity contribution in [2.75, 3.05) is 5.32 Å². The van der Waals surface area contributed by atoms with E-state index < -0.39 is 6.10 Å². The smallest absolute Gasteiger partial charge is 0.184 e. The van der Waals surface area contributed by atoms with Crippen molar-refractivity contribution in [2.24, 2.45) is 0 Å². The van der Waals surface area contributed by atoms with Crippen molar-refractivity contribution in [2.45, 2.75) is 18.6 Å². The molecule has 2 aromatic heterocycles. The van der Waals surface area contributed by atoms with Crippen LogP contribution in [0.5, 0.6) is 0 Å². The molecule has 26 heavy (non-hydrogen) atoms. The van der Waals surface area contributed by atoms with Gasteiger partial charge in [0.25, 0.3) is 0 Å². The molecule has 0 fully saturated rings. The van der Waals surface area contributed by atoms with Gasteiger partial charge in [-0.25, -0.2) is 4.98 Å². The number of fused-ring (bicyclic) bond motifs is 2. The minimum atomic E-state index is -0.424. The highest BCUT2D eigenvalue weighted by Crippen LogP contribution is 2.37. The molecule has 2 N–H and O–H groups in total. The number of nitrogens with one attached hydrogen (secondary N) is 1. The van der Waals surface area contributed by atoms with E-state index >= 15 is 0 Å². The molecule has 0 aliphatic heterocycles. The molecule has 5 rings (SSSR count). The number of aromatic nitrogens is 2. The van der Waals surface area contributed by atoms with E-state index in [-0.39, 0.29) is 6.04 Å². The summed E-state index contributed by atoms with van der Waals surface area (Å²) >= 11 is 1.62. The Bertz CT molecular complexity index is 1080. The van der Waals surface area contributed by atoms with Crippen LogP contribution in [-0.2, 0) is 6.42 Å². The summed E-state index contributed by atoms with van der Waals surface area (Å²) in [6, 6.07) is 18.4. The van der Waals surface area contributed by atoms with E-state index in [4.69, 9.17) is 4.98 Å². The number of anilines is 1. The molecular formula is C21H17N3OS. The number of benzene rings is 2. The van der Waals surface area contributed by atoms with Crippen LogP contribution >= 0.6 is 11.3 Å². The van der Waals surface area contributed by atoms with Crippen LogP contribution in [0, 0.1) is 0 Å². The van der Waals surface area contributed by atoms with Crippen LogP contribution in [-0.4, -0.2) is 21.2 Å². The first-order chi connectivity index (χ1) is 12.8. The fraction of sp³-hybridized carbons (Fsp3) is 0.143. The maximum absolute atomic E-state index is 10.4. The summed E-state index contributed by atoms with van der Waals surface area (Å²) in [5, 5.41) is 14.7. The largest absolute Gasteiger partial charge is 0.390 e. The van der Waals surface area contributed by atoms with Gasteiger partial charge < -0.3 is 10.4 Å². The third-order valence-electron chi connectivity index (χ3n) is 4.89. The van der Waals surface area contributed by atoms with Gasteiger partial charge in [0.15, 0.2) is 5.13 Å². The summed E-state index contributed by atoms with van der Waals surface area (Å²) in [5.74, 6) is 0. The third kappa shape index (κ3) is 2.66. The van der Waals surface area contributed by atoms with E-state index in [0.29, 0.717) is 6.42 Å². The molecule has 0 bridgehead atoms. The summed E-state index contributed by atoms with van der Waals surface area (Å²) in [4.78, 5) is 8.78. The van der Waals surface area contributed by atoms with Gasteiger partial charge in [0.1, 0.15) is 0 Å². The summed E-state index contributed by atoms with van der Waals surface area (Å²) in [7, 11) is 0. The number of thiazole rings is 1. The van der Waals surface area contributed by atoms with Gasteiger partial charge in [0.05, 0.1) is 22.4 Å². The highest BCUT2D eigenvalue weighted by molar-refractivity contribution is 7.22. The van der Waals surface area contributed by atoms with Crippen LogP contribution in [0.3, 0.4) is 0 Å². The van der Waals surface area contributed by atoms with Gasteiger partial charge in [-0.15, -0.1) is 0 Å². The molecule has 0 spiro atoms. The Kier molecular flexibility index (Phi) is 3.69. The second-order valence-electron chi connectivity index (χ2n) is 6.53. The van der Waals surface area contributed by atoms with Gasteiger partial charge >= 0.3 is 0 Å². The zero-order chi connectivity index (χ0) is 17.5. The first kappa shape index (κ1) is 15.5. The van der Waals surface area contributed by atoms with Crippen molar-refractivity contribution in [1.82, 2.24) is 9.97 Å². The molecule has 2 aromatic carbocycles. The Labute approximate surface area is 155 Å². The van der Waals surface area contributed by atoms with Crippen molar-refractivity contribution in [3.8, 4) is 11.1 Å². The summed E-state index contributed by atoms with van der Waals surface area (Å²) < 4.78 is 1.13. The molecule has 4 aromatic rings. The molecule has 0 saturated carbocycles. The maximum atomic E-state index is 10.4. The SMILES string of the molecule is O[C@H]1Cc2ccccc2C1Nc1nc2ccc(-c3ccncc3)cc2s1. The van der Waals surface area contributed by atoms with Crippen LogP contribution in [0.15, 0.2) is 67.0 Å². The van der Waals surface area contributed by atoms with Gasteiger partial charge in [0.2, 0.25) is 0 Å². The fourth-order valence-electron chi connectivity index (χ4n) is 3.59. The first-order valence-electron chi connectivity index (χ1n) is 8.61. The molecule has 5 heteroatoms. The number of rotatable bonds is 3. The van der Waals surface area contributed by atoms with Crippen LogP contribution < -0.4 is 5.32 Å². The van der Waals surface area contributed by atoms with E-state index in [2.05, 4.69) is 34.6 Å². The second kappa shape index (κ2) is 6.20. The van der Waals surface area contributed by atoms with Crippen molar-refractivity contribution in [1.29, 1.82) is 0 Å². The second-order valence-corrected chi connectivity index (χ2v) is 7.56. The van der Waals surface area contributed by atoms with Gasteiger partial charge in [-0.05, 0) is 46.5 Å². The van der Waals surface area contributed by atoms with Crippen molar-refractivity contribution in [3.63, 3.8) is 0 Å². The normalized spacial score (nSPS) is 18.8. The number of aliphatic hydroxyl groups is 1. The molecule has 1 aliphatic carbocycles. The predicted molar refractivity (Wildman–Crippen MR) is 105 cm³/mol. The lowest BCUT2D eigenvalue weighted by Gasteiger charge is -2.16. The molecule has 0 radical (unpaired) electrons. The van der Waals surface area contributed by atoms with Gasteiger partial charge in [-0.1, -0.05) is 41.7 Å². The van der Waals surface area contributed by atoms with Crippen molar-refractivity contribution in [3.05, 3.63) is 78.1 Å². The summed E-state index contributed by atoms with van der Waals surface area (Å²) in [5.41, 5.74) is 5.64. The molecule has 0 saturated heterocycles. The number of aliphatic hydroxyl groups excluding tert-OH is 1. The van der Waals surface area contributed by atoms with E-state index in [0.717, 1.165) is 32.0 Å². The Hall–Kier alpha value is -2.76. The van der Waals surface area contributed by atoms with E-state index in [1.165, 1.54) is 5.56 Å². The zero-order valence-corrected chi connectivity index (χ0v) is 14.8. The standard InChI is InChI=1S/C21H17N3OS/c25-18-11-15-3-1-2-4-16(15)20(18)24-21-23-17-6-5-14(12-19(17)26-21)13-7-9-22-10-8-13/h1-10,12,18,20,25H,11H2,(H,23,24)/t18-,20?/m0/s1. The molecule has 2 atom stereocenters. The zero-order valence-electron chi connectivity index (χ0n) is 14.0. The number of nitrogens with zero attached hydrogens (tertiary/aromatic N) is 2. The Morgan fingerprint density at radius 1 is 1.00 bits per heavy atom. The van der Waals surface area contributed by atoms with E-state index in [9.17, 15) is 5.11 Å². The molecule has 1 aliphatic rings. The molecule has 0 amide bonds. The summed E-state index contributed by atoms with van der Waals surface area (Å²) in [6.07, 6.45) is 3.87. The van der Waals surface area contributed by atoms with Crippen molar-refractivity contribution >= 4 is 26.7 Å².